The molecule has 2 rings (SSSR count). The van der Waals surface area contributed by atoms with Crippen molar-refractivity contribution in [2.24, 2.45) is 0 Å². The Bertz CT molecular complexity index is 631. The van der Waals surface area contributed by atoms with E-state index in [-0.39, 0.29) is 17.5 Å². The zero-order chi connectivity index (χ0) is 14.7. The van der Waals surface area contributed by atoms with Gasteiger partial charge in [-0.3, -0.25) is 9.59 Å². The monoisotopic (exact) mass is 273 g/mol. The molecule has 6 heteroatoms. The van der Waals surface area contributed by atoms with E-state index in [1.54, 1.807) is 44.3 Å². The molecule has 1 heterocycles. The first-order valence-corrected chi connectivity index (χ1v) is 6.06. The molecule has 2 amide bonds. The number of carbonyl (C=O) groups excluding carboxylic acids is 2. The first kappa shape index (κ1) is 13.8. The maximum atomic E-state index is 11.9. The second kappa shape index (κ2) is 5.56. The number of anilines is 2. The lowest BCUT2D eigenvalue weighted by Gasteiger charge is -2.15. The second-order valence-corrected chi connectivity index (χ2v) is 4.40. The van der Waals surface area contributed by atoms with Gasteiger partial charge >= 0.3 is 0 Å². The molecular weight excluding hydrogens is 258 g/mol. The molecule has 0 fully saturated rings. The summed E-state index contributed by atoms with van der Waals surface area (Å²) in [5.74, 6) is 0.183. The average Bonchev–Trinajstić information content (AvgIpc) is 2.85. The smallest absolute Gasteiger partial charge is 0.277 e. The van der Waals surface area contributed by atoms with Crippen molar-refractivity contribution in [1.29, 1.82) is 0 Å². The molecule has 0 spiro atoms. The Morgan fingerprint density at radius 2 is 1.90 bits per heavy atom. The lowest BCUT2D eigenvalue weighted by molar-refractivity contribution is -0.116. The van der Waals surface area contributed by atoms with E-state index in [4.69, 9.17) is 4.52 Å². The first-order chi connectivity index (χ1) is 9.47. The Balaban J connectivity index is 2.07. The molecule has 104 valence electrons. The van der Waals surface area contributed by atoms with Gasteiger partial charge in [-0.2, -0.15) is 0 Å². The predicted octanol–water partition coefficient (Wildman–Crippen LogP) is 2.22. The van der Waals surface area contributed by atoms with Crippen molar-refractivity contribution in [2.45, 2.75) is 13.8 Å². The fourth-order valence-electron chi connectivity index (χ4n) is 1.62. The molecule has 0 saturated heterocycles. The molecular formula is C14H15N3O3. The highest BCUT2D eigenvalue weighted by Gasteiger charge is 2.11. The molecule has 1 aromatic carbocycles. The van der Waals surface area contributed by atoms with Crippen LogP contribution in [0.3, 0.4) is 0 Å². The minimum Gasteiger partial charge on any atom is -0.361 e. The molecule has 0 atom stereocenters. The summed E-state index contributed by atoms with van der Waals surface area (Å²) < 4.78 is 4.85. The molecule has 20 heavy (non-hydrogen) atoms. The van der Waals surface area contributed by atoms with E-state index in [1.165, 1.54) is 11.8 Å². The number of aromatic nitrogens is 1. The number of benzene rings is 1. The van der Waals surface area contributed by atoms with Crippen molar-refractivity contribution in [3.8, 4) is 0 Å². The molecule has 1 aromatic heterocycles. The van der Waals surface area contributed by atoms with Crippen molar-refractivity contribution in [3.63, 3.8) is 0 Å². The summed E-state index contributed by atoms with van der Waals surface area (Å²) in [4.78, 5) is 24.6. The summed E-state index contributed by atoms with van der Waals surface area (Å²) in [6.07, 6.45) is 0. The number of nitrogens with one attached hydrogen (secondary N) is 1. The average molecular weight is 273 g/mol. The zero-order valence-electron chi connectivity index (χ0n) is 11.5. The van der Waals surface area contributed by atoms with Crippen LogP contribution in [0, 0.1) is 6.92 Å². The summed E-state index contributed by atoms with van der Waals surface area (Å²) >= 11 is 0. The van der Waals surface area contributed by atoms with Gasteiger partial charge in [0, 0.05) is 31.4 Å². The van der Waals surface area contributed by atoms with Gasteiger partial charge in [0.2, 0.25) is 5.91 Å². The predicted molar refractivity (Wildman–Crippen MR) is 74.7 cm³/mol. The summed E-state index contributed by atoms with van der Waals surface area (Å²) in [5, 5.41) is 6.34. The lowest BCUT2D eigenvalue weighted by atomic mass is 10.2. The van der Waals surface area contributed by atoms with Crippen LogP contribution in [0.5, 0.6) is 0 Å². The van der Waals surface area contributed by atoms with Crippen molar-refractivity contribution in [3.05, 3.63) is 41.8 Å². The normalized spacial score (nSPS) is 10.2. The van der Waals surface area contributed by atoms with Crippen LogP contribution in [0.4, 0.5) is 11.4 Å². The fourth-order valence-corrected chi connectivity index (χ4v) is 1.62. The highest BCUT2D eigenvalue weighted by molar-refractivity contribution is 6.03. The summed E-state index contributed by atoms with van der Waals surface area (Å²) in [6, 6.07) is 8.52. The third-order valence-corrected chi connectivity index (χ3v) is 2.85. The minimum atomic E-state index is -0.338. The Hall–Kier alpha value is -2.63. The van der Waals surface area contributed by atoms with E-state index in [0.29, 0.717) is 11.4 Å². The van der Waals surface area contributed by atoms with Crippen LogP contribution in [-0.4, -0.2) is 24.0 Å². The van der Waals surface area contributed by atoms with Crippen molar-refractivity contribution < 1.29 is 14.1 Å². The maximum absolute atomic E-state index is 11.9. The largest absolute Gasteiger partial charge is 0.361 e. The van der Waals surface area contributed by atoms with Gasteiger partial charge in [-0.15, -0.1) is 0 Å². The first-order valence-electron chi connectivity index (χ1n) is 6.06. The van der Waals surface area contributed by atoms with Crippen LogP contribution in [0.1, 0.15) is 23.2 Å². The number of nitrogens with zero attached hydrogens (tertiary/aromatic N) is 2. The number of rotatable bonds is 3. The molecule has 0 aliphatic rings. The van der Waals surface area contributed by atoms with Gasteiger partial charge in [-0.05, 0) is 31.2 Å². The third-order valence-electron chi connectivity index (χ3n) is 2.85. The van der Waals surface area contributed by atoms with E-state index >= 15 is 0 Å². The van der Waals surface area contributed by atoms with E-state index < -0.39 is 0 Å². The molecule has 0 aliphatic heterocycles. The Labute approximate surface area is 116 Å². The Morgan fingerprint density at radius 1 is 1.25 bits per heavy atom. The molecule has 6 nitrogen and oxygen atoms in total. The quantitative estimate of drug-likeness (QED) is 0.930. The van der Waals surface area contributed by atoms with Gasteiger partial charge in [0.1, 0.15) is 5.76 Å². The highest BCUT2D eigenvalue weighted by atomic mass is 16.5. The van der Waals surface area contributed by atoms with Crippen LogP contribution in [0.15, 0.2) is 34.9 Å². The summed E-state index contributed by atoms with van der Waals surface area (Å²) in [5.41, 5.74) is 1.61. The minimum absolute atomic E-state index is 0.0557. The van der Waals surface area contributed by atoms with Crippen LogP contribution >= 0.6 is 0 Å². The zero-order valence-corrected chi connectivity index (χ0v) is 11.5. The molecule has 0 saturated carbocycles. The summed E-state index contributed by atoms with van der Waals surface area (Å²) in [7, 11) is 1.69. The number of amides is 2. The number of carbonyl (C=O) groups is 2. The van der Waals surface area contributed by atoms with E-state index in [0.717, 1.165) is 5.69 Å². The standard InChI is InChI=1S/C14H15N3O3/c1-9-8-13(16-20-9)14(19)15-11-4-6-12(7-5-11)17(3)10(2)18/h4-8H,1-3H3,(H,15,19). The van der Waals surface area contributed by atoms with Crippen LogP contribution in [0.25, 0.3) is 0 Å². The van der Waals surface area contributed by atoms with E-state index in [1.807, 2.05) is 0 Å². The maximum Gasteiger partial charge on any atom is 0.277 e. The Morgan fingerprint density at radius 3 is 2.40 bits per heavy atom. The highest BCUT2D eigenvalue weighted by Crippen LogP contribution is 2.17. The van der Waals surface area contributed by atoms with Crippen LogP contribution in [-0.2, 0) is 4.79 Å². The third kappa shape index (κ3) is 3.03. The van der Waals surface area contributed by atoms with Crippen molar-refractivity contribution in [1.82, 2.24) is 5.16 Å². The second-order valence-electron chi connectivity index (χ2n) is 4.40. The molecule has 0 unspecified atom stereocenters. The van der Waals surface area contributed by atoms with E-state index in [2.05, 4.69) is 10.5 Å². The Kier molecular flexibility index (Phi) is 3.84. The van der Waals surface area contributed by atoms with Gasteiger partial charge in [0.25, 0.3) is 5.91 Å². The van der Waals surface area contributed by atoms with Crippen LogP contribution in [0.2, 0.25) is 0 Å². The summed E-state index contributed by atoms with van der Waals surface area (Å²) in [6.45, 7) is 3.21. The topological polar surface area (TPSA) is 75.4 Å². The van der Waals surface area contributed by atoms with Gasteiger partial charge in [-0.1, -0.05) is 5.16 Å². The fraction of sp³-hybridized carbons (Fsp3) is 0.214. The molecule has 1 N–H and O–H groups in total. The SMILES string of the molecule is CC(=O)N(C)c1ccc(NC(=O)c2cc(C)on2)cc1. The van der Waals surface area contributed by atoms with Gasteiger partial charge < -0.3 is 14.7 Å². The number of hydrogen-bond acceptors (Lipinski definition) is 4. The lowest BCUT2D eigenvalue weighted by Crippen LogP contribution is -2.22. The van der Waals surface area contributed by atoms with E-state index in [9.17, 15) is 9.59 Å². The van der Waals surface area contributed by atoms with Gasteiger partial charge in [-0.25, -0.2) is 0 Å². The van der Waals surface area contributed by atoms with Crippen LogP contribution < -0.4 is 10.2 Å². The molecule has 0 aliphatic carbocycles. The molecule has 0 radical (unpaired) electrons. The molecule has 0 bridgehead atoms. The molecule has 2 aromatic rings. The van der Waals surface area contributed by atoms with Crippen molar-refractivity contribution in [2.75, 3.05) is 17.3 Å². The van der Waals surface area contributed by atoms with Crippen molar-refractivity contribution >= 4 is 23.2 Å². The van der Waals surface area contributed by atoms with Gasteiger partial charge in [0.05, 0.1) is 0 Å². The number of hydrogen-bond donors (Lipinski definition) is 1. The number of aryl methyl sites for hydroxylation is 1. The van der Waals surface area contributed by atoms with Gasteiger partial charge in [0.15, 0.2) is 5.69 Å².